The van der Waals surface area contributed by atoms with Crippen molar-refractivity contribution in [1.82, 2.24) is 0 Å². The Bertz CT molecular complexity index is 243. The van der Waals surface area contributed by atoms with Gasteiger partial charge < -0.3 is 9.47 Å². The Kier molecular flexibility index (Phi) is 3.29. The smallest absolute Gasteiger partial charge is 0.340 e. The Hall–Kier alpha value is -1.35. The second-order valence-corrected chi connectivity index (χ2v) is 2.13. The summed E-state index contributed by atoms with van der Waals surface area (Å²) in [6.07, 6.45) is 0. The van der Waals surface area contributed by atoms with Gasteiger partial charge in [0.2, 0.25) is 0 Å². The fraction of sp³-hybridized carbons (Fsp3) is 0.222. The van der Waals surface area contributed by atoms with Crippen LogP contribution in [0.25, 0.3) is 0 Å². The van der Waals surface area contributed by atoms with Crippen LogP contribution < -0.4 is 0 Å². The van der Waals surface area contributed by atoms with Gasteiger partial charge in [0, 0.05) is 7.11 Å². The summed E-state index contributed by atoms with van der Waals surface area (Å²) in [6.45, 7) is -0.0164. The Morgan fingerprint density at radius 3 is 2.75 bits per heavy atom. The number of hydrogen-bond donors (Lipinski definition) is 0. The van der Waals surface area contributed by atoms with E-state index in [0.29, 0.717) is 5.56 Å². The van der Waals surface area contributed by atoms with Crippen molar-refractivity contribution in [2.75, 3.05) is 13.9 Å². The molecule has 0 spiro atoms. The predicted molar refractivity (Wildman–Crippen MR) is 42.6 cm³/mol. The maximum absolute atomic E-state index is 11.1. The third-order valence-corrected chi connectivity index (χ3v) is 1.26. The number of benzene rings is 1. The van der Waals surface area contributed by atoms with E-state index in [1.54, 1.807) is 24.3 Å². The van der Waals surface area contributed by atoms with Crippen molar-refractivity contribution in [1.29, 1.82) is 0 Å². The van der Waals surface area contributed by atoms with E-state index in [-0.39, 0.29) is 12.8 Å². The van der Waals surface area contributed by atoms with Crippen molar-refractivity contribution >= 4 is 5.97 Å². The summed E-state index contributed by atoms with van der Waals surface area (Å²) in [5.74, 6) is -0.383. The standard InChI is InChI=1S/C9H9O3/c1-11-7-12-9(10)8-5-3-2-4-6-8/h3-6H,7H2,1H3. The first-order valence-electron chi connectivity index (χ1n) is 3.47. The monoisotopic (exact) mass is 165 g/mol. The number of hydrogen-bond acceptors (Lipinski definition) is 3. The maximum atomic E-state index is 11.1. The molecule has 0 saturated carbocycles. The minimum atomic E-state index is -0.383. The molecule has 0 unspecified atom stereocenters. The van der Waals surface area contributed by atoms with Gasteiger partial charge in [-0.2, -0.15) is 0 Å². The normalized spacial score (nSPS) is 9.42. The number of carbonyl (C=O) groups excluding carboxylic acids is 1. The van der Waals surface area contributed by atoms with Crippen molar-refractivity contribution < 1.29 is 14.3 Å². The molecule has 0 fully saturated rings. The zero-order valence-electron chi connectivity index (χ0n) is 6.74. The summed E-state index contributed by atoms with van der Waals surface area (Å²) in [4.78, 5) is 11.1. The molecule has 12 heavy (non-hydrogen) atoms. The molecule has 1 rings (SSSR count). The van der Waals surface area contributed by atoms with E-state index in [1.807, 2.05) is 0 Å². The van der Waals surface area contributed by atoms with E-state index in [1.165, 1.54) is 7.11 Å². The highest BCUT2D eigenvalue weighted by Crippen LogP contribution is 1.99. The zero-order valence-corrected chi connectivity index (χ0v) is 6.74. The van der Waals surface area contributed by atoms with E-state index >= 15 is 0 Å². The molecule has 3 nitrogen and oxygen atoms in total. The molecule has 3 heteroatoms. The van der Waals surface area contributed by atoms with Gasteiger partial charge in [-0.05, 0) is 18.2 Å². The minimum Gasteiger partial charge on any atom is -0.435 e. The van der Waals surface area contributed by atoms with Gasteiger partial charge in [-0.15, -0.1) is 0 Å². The van der Waals surface area contributed by atoms with Gasteiger partial charge in [0.05, 0.1) is 5.56 Å². The molecule has 0 heterocycles. The van der Waals surface area contributed by atoms with Crippen molar-refractivity contribution in [3.05, 3.63) is 35.9 Å². The number of carbonyl (C=O) groups is 1. The molecule has 63 valence electrons. The molecule has 0 saturated heterocycles. The van der Waals surface area contributed by atoms with Gasteiger partial charge in [0.15, 0.2) is 6.79 Å². The molecular formula is C9H9O3. The molecule has 0 atom stereocenters. The SMILES string of the molecule is COCOC(=O)c1cc[c]cc1. The van der Waals surface area contributed by atoms with Crippen molar-refractivity contribution in [2.24, 2.45) is 0 Å². The summed E-state index contributed by atoms with van der Waals surface area (Å²) in [6, 6.07) is 9.39. The van der Waals surface area contributed by atoms with Crippen LogP contribution in [0.1, 0.15) is 10.4 Å². The summed E-state index contributed by atoms with van der Waals surface area (Å²) in [5.41, 5.74) is 0.505. The third-order valence-electron chi connectivity index (χ3n) is 1.26. The fourth-order valence-corrected chi connectivity index (χ4v) is 0.719. The molecule has 1 aromatic carbocycles. The molecule has 1 aromatic rings. The Morgan fingerprint density at radius 2 is 2.17 bits per heavy atom. The molecule has 0 bridgehead atoms. The first-order valence-corrected chi connectivity index (χ1v) is 3.47. The average Bonchev–Trinajstić information content (AvgIpc) is 2.15. The van der Waals surface area contributed by atoms with Crippen LogP contribution in [0.2, 0.25) is 0 Å². The molecule has 0 aliphatic heterocycles. The first-order chi connectivity index (χ1) is 5.84. The molecular weight excluding hydrogens is 156 g/mol. The van der Waals surface area contributed by atoms with E-state index in [2.05, 4.69) is 10.8 Å². The molecule has 0 N–H and O–H groups in total. The van der Waals surface area contributed by atoms with Crippen LogP contribution in [0.5, 0.6) is 0 Å². The van der Waals surface area contributed by atoms with E-state index in [9.17, 15) is 4.79 Å². The molecule has 1 radical (unpaired) electrons. The lowest BCUT2D eigenvalue weighted by atomic mass is 10.2. The van der Waals surface area contributed by atoms with Crippen LogP contribution in [-0.2, 0) is 9.47 Å². The number of methoxy groups -OCH3 is 1. The van der Waals surface area contributed by atoms with Gasteiger partial charge in [-0.3, -0.25) is 0 Å². The van der Waals surface area contributed by atoms with E-state index < -0.39 is 0 Å². The first kappa shape index (κ1) is 8.74. The van der Waals surface area contributed by atoms with Crippen LogP contribution >= 0.6 is 0 Å². The van der Waals surface area contributed by atoms with Crippen molar-refractivity contribution in [3.8, 4) is 0 Å². The number of ether oxygens (including phenoxy) is 2. The van der Waals surface area contributed by atoms with Crippen LogP contribution in [-0.4, -0.2) is 19.9 Å². The summed E-state index contributed by atoms with van der Waals surface area (Å²) in [7, 11) is 1.46. The Labute approximate surface area is 70.9 Å². The zero-order chi connectivity index (χ0) is 8.81. The second kappa shape index (κ2) is 4.51. The number of rotatable bonds is 3. The highest BCUT2D eigenvalue weighted by molar-refractivity contribution is 5.89. The number of esters is 1. The minimum absolute atomic E-state index is 0.0164. The largest absolute Gasteiger partial charge is 0.435 e. The van der Waals surface area contributed by atoms with Gasteiger partial charge >= 0.3 is 5.97 Å². The Morgan fingerprint density at radius 1 is 1.50 bits per heavy atom. The Balaban J connectivity index is 2.54. The van der Waals surface area contributed by atoms with E-state index in [4.69, 9.17) is 4.74 Å². The molecule has 0 amide bonds. The van der Waals surface area contributed by atoms with Crippen molar-refractivity contribution in [2.45, 2.75) is 0 Å². The molecule has 0 aliphatic carbocycles. The van der Waals surface area contributed by atoms with Gasteiger partial charge in [-0.1, -0.05) is 12.1 Å². The van der Waals surface area contributed by atoms with Crippen LogP contribution in [0.4, 0.5) is 0 Å². The predicted octanol–water partition coefficient (Wildman–Crippen LogP) is 1.25. The second-order valence-electron chi connectivity index (χ2n) is 2.13. The summed E-state index contributed by atoms with van der Waals surface area (Å²) < 4.78 is 9.29. The average molecular weight is 165 g/mol. The molecule has 0 aromatic heterocycles. The molecule has 0 aliphatic rings. The van der Waals surface area contributed by atoms with Crippen molar-refractivity contribution in [3.63, 3.8) is 0 Å². The van der Waals surface area contributed by atoms with Gasteiger partial charge in [-0.25, -0.2) is 4.79 Å². The fourth-order valence-electron chi connectivity index (χ4n) is 0.719. The van der Waals surface area contributed by atoms with Crippen LogP contribution in [0, 0.1) is 6.07 Å². The maximum Gasteiger partial charge on any atom is 0.340 e. The highest BCUT2D eigenvalue weighted by Gasteiger charge is 2.03. The van der Waals surface area contributed by atoms with Crippen LogP contribution in [0.15, 0.2) is 24.3 Å². The lowest BCUT2D eigenvalue weighted by Crippen LogP contribution is -2.06. The quantitative estimate of drug-likeness (QED) is 0.499. The summed E-state index contributed by atoms with van der Waals surface area (Å²) in [5, 5.41) is 0. The van der Waals surface area contributed by atoms with Gasteiger partial charge in [0.1, 0.15) is 0 Å². The lowest BCUT2D eigenvalue weighted by Gasteiger charge is -2.01. The third kappa shape index (κ3) is 2.36. The summed E-state index contributed by atoms with van der Waals surface area (Å²) >= 11 is 0. The van der Waals surface area contributed by atoms with Gasteiger partial charge in [0.25, 0.3) is 0 Å². The topological polar surface area (TPSA) is 35.5 Å². The van der Waals surface area contributed by atoms with E-state index in [0.717, 1.165) is 0 Å². The van der Waals surface area contributed by atoms with Crippen LogP contribution in [0.3, 0.4) is 0 Å². The highest BCUT2D eigenvalue weighted by atomic mass is 16.7. The lowest BCUT2D eigenvalue weighted by molar-refractivity contribution is -0.0125.